The maximum atomic E-state index is 12.6. The molecule has 0 saturated carbocycles. The highest BCUT2D eigenvalue weighted by molar-refractivity contribution is 5.92. The van der Waals surface area contributed by atoms with Gasteiger partial charge >= 0.3 is 0 Å². The van der Waals surface area contributed by atoms with E-state index < -0.39 is 0 Å². The molecule has 1 atom stereocenters. The summed E-state index contributed by atoms with van der Waals surface area (Å²) in [5.41, 5.74) is 0.934. The number of benzene rings is 2. The molecular formula is C23H20N2O3. The molecule has 5 nitrogen and oxygen atoms in total. The van der Waals surface area contributed by atoms with Gasteiger partial charge in [-0.05, 0) is 41.5 Å². The van der Waals surface area contributed by atoms with Crippen molar-refractivity contribution in [3.8, 4) is 0 Å². The fourth-order valence-corrected chi connectivity index (χ4v) is 3.32. The van der Waals surface area contributed by atoms with Crippen molar-refractivity contribution < 1.29 is 9.21 Å². The monoisotopic (exact) mass is 372 g/mol. The van der Waals surface area contributed by atoms with E-state index in [1.807, 2.05) is 31.2 Å². The minimum absolute atomic E-state index is 0.116. The van der Waals surface area contributed by atoms with Gasteiger partial charge in [0.05, 0.1) is 12.6 Å². The molecule has 0 radical (unpaired) electrons. The molecule has 2 aromatic carbocycles. The Kier molecular flexibility index (Phi) is 4.81. The van der Waals surface area contributed by atoms with E-state index in [9.17, 15) is 9.59 Å². The zero-order chi connectivity index (χ0) is 19.5. The summed E-state index contributed by atoms with van der Waals surface area (Å²) in [5, 5.41) is 5.24. The van der Waals surface area contributed by atoms with Gasteiger partial charge < -0.3 is 14.3 Å². The van der Waals surface area contributed by atoms with E-state index in [4.69, 9.17) is 4.42 Å². The second-order valence-electron chi connectivity index (χ2n) is 6.70. The largest absolute Gasteiger partial charge is 0.454 e. The number of furan rings is 1. The maximum Gasteiger partial charge on any atom is 0.287 e. The van der Waals surface area contributed by atoms with Crippen LogP contribution < -0.4 is 10.9 Å². The number of nitrogens with zero attached hydrogens (tertiary/aromatic N) is 1. The third-order valence-corrected chi connectivity index (χ3v) is 4.75. The number of carbonyl (C=O) groups is 1. The van der Waals surface area contributed by atoms with E-state index >= 15 is 0 Å². The normalized spacial score (nSPS) is 12.0. The van der Waals surface area contributed by atoms with Crippen LogP contribution in [0.2, 0.25) is 0 Å². The minimum atomic E-state index is -0.285. The molecule has 0 aliphatic rings. The Morgan fingerprint density at radius 1 is 1.00 bits per heavy atom. The van der Waals surface area contributed by atoms with Crippen LogP contribution in [0.25, 0.3) is 10.8 Å². The lowest BCUT2D eigenvalue weighted by molar-refractivity contribution is 0.0910. The van der Waals surface area contributed by atoms with Crippen molar-refractivity contribution in [1.82, 2.24) is 9.88 Å². The van der Waals surface area contributed by atoms with E-state index in [0.717, 1.165) is 16.3 Å². The lowest BCUT2D eigenvalue weighted by Gasteiger charge is -2.16. The molecule has 28 heavy (non-hydrogen) atoms. The number of fused-ring (bicyclic) bond motifs is 1. The summed E-state index contributed by atoms with van der Waals surface area (Å²) in [4.78, 5) is 24.4. The minimum Gasteiger partial charge on any atom is -0.454 e. The predicted octanol–water partition coefficient (Wildman–Crippen LogP) is 4.13. The smallest absolute Gasteiger partial charge is 0.287 e. The van der Waals surface area contributed by atoms with Crippen LogP contribution in [0.15, 0.2) is 88.2 Å². The van der Waals surface area contributed by atoms with Crippen LogP contribution in [0.5, 0.6) is 0 Å². The first-order chi connectivity index (χ1) is 13.6. The molecule has 5 heteroatoms. The molecule has 2 aromatic heterocycles. The molecule has 0 saturated heterocycles. The van der Waals surface area contributed by atoms with E-state index in [1.54, 1.807) is 30.5 Å². The highest BCUT2D eigenvalue weighted by Gasteiger charge is 2.16. The van der Waals surface area contributed by atoms with Gasteiger partial charge in [-0.3, -0.25) is 9.59 Å². The lowest BCUT2D eigenvalue weighted by Crippen LogP contribution is -2.26. The third-order valence-electron chi connectivity index (χ3n) is 4.75. The van der Waals surface area contributed by atoms with Crippen LogP contribution >= 0.6 is 0 Å². The van der Waals surface area contributed by atoms with Gasteiger partial charge in [-0.25, -0.2) is 0 Å². The number of amides is 1. The van der Waals surface area contributed by atoms with E-state index in [-0.39, 0.29) is 29.8 Å². The number of hydrogen-bond donors (Lipinski definition) is 1. The van der Waals surface area contributed by atoms with Crippen LogP contribution in [0, 0.1) is 0 Å². The number of aromatic nitrogens is 1. The fourth-order valence-electron chi connectivity index (χ4n) is 3.32. The van der Waals surface area contributed by atoms with E-state index in [1.165, 1.54) is 10.6 Å². The van der Waals surface area contributed by atoms with Crippen molar-refractivity contribution in [2.75, 3.05) is 0 Å². The van der Waals surface area contributed by atoms with Gasteiger partial charge in [-0.15, -0.1) is 0 Å². The molecule has 1 amide bonds. The zero-order valence-electron chi connectivity index (χ0n) is 15.5. The van der Waals surface area contributed by atoms with Gasteiger partial charge in [0, 0.05) is 12.3 Å². The van der Waals surface area contributed by atoms with Gasteiger partial charge in [-0.2, -0.15) is 0 Å². The second-order valence-corrected chi connectivity index (χ2v) is 6.70. The molecule has 2 heterocycles. The first-order valence-corrected chi connectivity index (χ1v) is 9.14. The number of rotatable bonds is 5. The van der Waals surface area contributed by atoms with Crippen LogP contribution in [0.3, 0.4) is 0 Å². The molecule has 4 rings (SSSR count). The molecule has 0 bridgehead atoms. The SMILES string of the molecule is CC(NC(=O)c1ccc(Cn2ccccc2=O)o1)c1cccc2ccccc12. The molecule has 0 aliphatic heterocycles. The summed E-state index contributed by atoms with van der Waals surface area (Å²) in [6, 6.07) is 22.3. The Morgan fingerprint density at radius 3 is 2.64 bits per heavy atom. The van der Waals surface area contributed by atoms with Crippen LogP contribution in [-0.4, -0.2) is 10.5 Å². The lowest BCUT2D eigenvalue weighted by atomic mass is 9.99. The number of hydrogen-bond acceptors (Lipinski definition) is 3. The van der Waals surface area contributed by atoms with Crippen molar-refractivity contribution in [2.24, 2.45) is 0 Å². The molecule has 1 N–H and O–H groups in total. The Bertz CT molecular complexity index is 1180. The van der Waals surface area contributed by atoms with Gasteiger partial charge in [0.2, 0.25) is 0 Å². The van der Waals surface area contributed by atoms with Crippen LogP contribution in [0.1, 0.15) is 34.8 Å². The molecule has 1 unspecified atom stereocenters. The van der Waals surface area contributed by atoms with Crippen LogP contribution in [0.4, 0.5) is 0 Å². The summed E-state index contributed by atoms with van der Waals surface area (Å²) >= 11 is 0. The third kappa shape index (κ3) is 3.60. The zero-order valence-corrected chi connectivity index (χ0v) is 15.5. The molecule has 4 aromatic rings. The van der Waals surface area contributed by atoms with E-state index in [0.29, 0.717) is 5.76 Å². The van der Waals surface area contributed by atoms with Crippen molar-refractivity contribution >= 4 is 16.7 Å². The first-order valence-electron chi connectivity index (χ1n) is 9.14. The van der Waals surface area contributed by atoms with Crippen molar-refractivity contribution in [3.05, 3.63) is 106 Å². The average Bonchev–Trinajstić information content (AvgIpc) is 3.18. The molecule has 0 aliphatic carbocycles. The van der Waals surface area contributed by atoms with Crippen molar-refractivity contribution in [3.63, 3.8) is 0 Å². The first kappa shape index (κ1) is 17.8. The molecule has 140 valence electrons. The summed E-state index contributed by atoms with van der Waals surface area (Å²) in [7, 11) is 0. The average molecular weight is 372 g/mol. The van der Waals surface area contributed by atoms with Gasteiger partial charge in [0.1, 0.15) is 5.76 Å². The Labute approximate surface area is 162 Å². The van der Waals surface area contributed by atoms with Crippen molar-refractivity contribution in [1.29, 1.82) is 0 Å². The van der Waals surface area contributed by atoms with Gasteiger partial charge in [-0.1, -0.05) is 48.5 Å². The standard InChI is InChI=1S/C23H20N2O3/c1-16(19-10-6-8-17-7-2-3-9-20(17)19)24-23(27)21-13-12-18(28-21)15-25-14-5-4-11-22(25)26/h2-14,16H,15H2,1H3,(H,24,27). The molecule has 0 fully saturated rings. The summed E-state index contributed by atoms with van der Waals surface area (Å²) < 4.78 is 7.18. The van der Waals surface area contributed by atoms with Crippen molar-refractivity contribution in [2.45, 2.75) is 19.5 Å². The highest BCUT2D eigenvalue weighted by atomic mass is 16.4. The summed E-state index contributed by atoms with van der Waals surface area (Å²) in [6.07, 6.45) is 1.69. The predicted molar refractivity (Wildman–Crippen MR) is 108 cm³/mol. The Morgan fingerprint density at radius 2 is 1.79 bits per heavy atom. The maximum absolute atomic E-state index is 12.6. The molecule has 0 spiro atoms. The van der Waals surface area contributed by atoms with E-state index in [2.05, 4.69) is 23.5 Å². The topological polar surface area (TPSA) is 64.2 Å². The summed E-state index contributed by atoms with van der Waals surface area (Å²) in [5.74, 6) is 0.495. The fraction of sp³-hybridized carbons (Fsp3) is 0.130. The van der Waals surface area contributed by atoms with Gasteiger partial charge in [0.25, 0.3) is 11.5 Å². The van der Waals surface area contributed by atoms with Crippen LogP contribution in [-0.2, 0) is 6.54 Å². The number of carbonyl (C=O) groups excluding carboxylic acids is 1. The second kappa shape index (κ2) is 7.56. The Balaban J connectivity index is 1.50. The number of nitrogens with one attached hydrogen (secondary N) is 1. The molecular weight excluding hydrogens is 352 g/mol. The van der Waals surface area contributed by atoms with Gasteiger partial charge in [0.15, 0.2) is 5.76 Å². The number of pyridine rings is 1. The quantitative estimate of drug-likeness (QED) is 0.573. The highest BCUT2D eigenvalue weighted by Crippen LogP contribution is 2.24. The Hall–Kier alpha value is -3.60. The summed E-state index contributed by atoms with van der Waals surface area (Å²) in [6.45, 7) is 2.24.